The zero-order chi connectivity index (χ0) is 23.8. The third-order valence-electron chi connectivity index (χ3n) is 5.94. The van der Waals surface area contributed by atoms with E-state index < -0.39 is 0 Å². The molecule has 1 aliphatic rings. The van der Waals surface area contributed by atoms with Crippen molar-refractivity contribution in [1.29, 1.82) is 0 Å². The van der Waals surface area contributed by atoms with E-state index in [4.69, 9.17) is 4.74 Å². The van der Waals surface area contributed by atoms with Crippen LogP contribution in [0.25, 0.3) is 0 Å². The number of benzene rings is 3. The summed E-state index contributed by atoms with van der Waals surface area (Å²) in [6, 6.07) is 24.5. The topological polar surface area (TPSA) is 61.9 Å². The fourth-order valence-electron chi connectivity index (χ4n) is 3.95. The molecule has 0 aliphatic carbocycles. The number of unbranched alkanes of at least 4 members (excludes halogenated alkanes) is 1. The molecular formula is C28H31N3O3. The van der Waals surface area contributed by atoms with Crippen LogP contribution in [-0.4, -0.2) is 49.5 Å². The van der Waals surface area contributed by atoms with Crippen molar-refractivity contribution < 1.29 is 14.3 Å². The van der Waals surface area contributed by atoms with Gasteiger partial charge in [0, 0.05) is 48.7 Å². The lowest BCUT2D eigenvalue weighted by molar-refractivity contribution is 0.0746. The largest absolute Gasteiger partial charge is 0.494 e. The Balaban J connectivity index is 1.30. The molecule has 1 fully saturated rings. The van der Waals surface area contributed by atoms with Crippen LogP contribution in [0.5, 0.6) is 5.75 Å². The summed E-state index contributed by atoms with van der Waals surface area (Å²) in [4.78, 5) is 29.5. The highest BCUT2D eigenvalue weighted by molar-refractivity contribution is 6.04. The molecule has 1 aliphatic heterocycles. The van der Waals surface area contributed by atoms with Crippen molar-refractivity contribution in [2.24, 2.45) is 0 Å². The van der Waals surface area contributed by atoms with Crippen molar-refractivity contribution in [3.63, 3.8) is 0 Å². The smallest absolute Gasteiger partial charge is 0.255 e. The van der Waals surface area contributed by atoms with Gasteiger partial charge in [0.15, 0.2) is 0 Å². The number of hydrogen-bond donors (Lipinski definition) is 1. The number of amides is 2. The van der Waals surface area contributed by atoms with Crippen molar-refractivity contribution >= 4 is 23.2 Å². The minimum absolute atomic E-state index is 0.0816. The first-order chi connectivity index (χ1) is 16.6. The molecule has 6 nitrogen and oxygen atoms in total. The Morgan fingerprint density at radius 2 is 1.56 bits per heavy atom. The van der Waals surface area contributed by atoms with Crippen molar-refractivity contribution in [1.82, 2.24) is 4.90 Å². The van der Waals surface area contributed by atoms with Crippen molar-refractivity contribution in [3.05, 3.63) is 90.0 Å². The average molecular weight is 458 g/mol. The monoisotopic (exact) mass is 457 g/mol. The molecule has 6 heteroatoms. The fraction of sp³-hybridized carbons (Fsp3) is 0.286. The number of piperazine rings is 1. The van der Waals surface area contributed by atoms with E-state index in [2.05, 4.69) is 17.1 Å². The highest BCUT2D eigenvalue weighted by Gasteiger charge is 2.22. The average Bonchev–Trinajstić information content (AvgIpc) is 2.90. The quantitative estimate of drug-likeness (QED) is 0.479. The van der Waals surface area contributed by atoms with E-state index in [1.807, 2.05) is 71.6 Å². The second-order valence-corrected chi connectivity index (χ2v) is 8.38. The molecule has 176 valence electrons. The summed E-state index contributed by atoms with van der Waals surface area (Å²) >= 11 is 0. The third-order valence-corrected chi connectivity index (χ3v) is 5.94. The molecule has 1 heterocycles. The van der Waals surface area contributed by atoms with Crippen LogP contribution in [0, 0.1) is 0 Å². The zero-order valence-electron chi connectivity index (χ0n) is 19.6. The summed E-state index contributed by atoms with van der Waals surface area (Å²) in [5, 5.41) is 2.96. The Morgan fingerprint density at radius 1 is 0.853 bits per heavy atom. The van der Waals surface area contributed by atoms with Gasteiger partial charge in [0.2, 0.25) is 0 Å². The summed E-state index contributed by atoms with van der Waals surface area (Å²) in [6.07, 6.45) is 2.05. The van der Waals surface area contributed by atoms with Crippen LogP contribution in [0.2, 0.25) is 0 Å². The van der Waals surface area contributed by atoms with Gasteiger partial charge in [-0.05, 0) is 61.0 Å². The molecule has 2 amide bonds. The van der Waals surface area contributed by atoms with E-state index in [-0.39, 0.29) is 11.8 Å². The molecule has 1 saturated heterocycles. The molecule has 4 rings (SSSR count). The molecule has 1 N–H and O–H groups in total. The van der Waals surface area contributed by atoms with E-state index in [1.165, 1.54) is 0 Å². The van der Waals surface area contributed by atoms with E-state index in [0.29, 0.717) is 31.0 Å². The van der Waals surface area contributed by atoms with E-state index in [9.17, 15) is 9.59 Å². The highest BCUT2D eigenvalue weighted by atomic mass is 16.5. The summed E-state index contributed by atoms with van der Waals surface area (Å²) in [7, 11) is 0. The van der Waals surface area contributed by atoms with Gasteiger partial charge in [-0.3, -0.25) is 9.59 Å². The normalized spacial score (nSPS) is 13.4. The van der Waals surface area contributed by atoms with Crippen LogP contribution < -0.4 is 15.0 Å². The number of carbonyl (C=O) groups is 2. The van der Waals surface area contributed by atoms with Crippen LogP contribution in [0.3, 0.4) is 0 Å². The maximum Gasteiger partial charge on any atom is 0.255 e. The molecule has 3 aromatic carbocycles. The minimum Gasteiger partial charge on any atom is -0.494 e. The Labute approximate surface area is 201 Å². The van der Waals surface area contributed by atoms with E-state index in [0.717, 1.165) is 42.9 Å². The van der Waals surface area contributed by atoms with Crippen LogP contribution >= 0.6 is 0 Å². The number of carbonyl (C=O) groups excluding carboxylic acids is 2. The predicted octanol–water partition coefficient (Wildman–Crippen LogP) is 5.08. The third kappa shape index (κ3) is 5.95. The Kier molecular flexibility index (Phi) is 7.81. The molecular weight excluding hydrogens is 426 g/mol. The number of nitrogens with one attached hydrogen (secondary N) is 1. The summed E-state index contributed by atoms with van der Waals surface area (Å²) < 4.78 is 5.71. The molecule has 0 aromatic heterocycles. The fourth-order valence-corrected chi connectivity index (χ4v) is 3.95. The van der Waals surface area contributed by atoms with E-state index in [1.54, 1.807) is 12.1 Å². The molecule has 34 heavy (non-hydrogen) atoms. The van der Waals surface area contributed by atoms with Gasteiger partial charge in [0.05, 0.1) is 6.61 Å². The Morgan fingerprint density at radius 3 is 2.26 bits per heavy atom. The summed E-state index contributed by atoms with van der Waals surface area (Å²) in [6.45, 7) is 5.68. The zero-order valence-corrected chi connectivity index (χ0v) is 19.6. The number of ether oxygens (including phenoxy) is 1. The van der Waals surface area contributed by atoms with Gasteiger partial charge in [-0.15, -0.1) is 0 Å². The number of anilines is 2. The molecule has 0 unspecified atom stereocenters. The van der Waals surface area contributed by atoms with Crippen LogP contribution in [0.4, 0.5) is 11.4 Å². The van der Waals surface area contributed by atoms with Crippen LogP contribution in [-0.2, 0) is 0 Å². The summed E-state index contributed by atoms with van der Waals surface area (Å²) in [5.41, 5.74) is 3.12. The maximum absolute atomic E-state index is 12.7. The predicted molar refractivity (Wildman–Crippen MR) is 136 cm³/mol. The molecule has 0 saturated carbocycles. The lowest BCUT2D eigenvalue weighted by Crippen LogP contribution is -2.48. The molecule has 3 aromatic rings. The van der Waals surface area contributed by atoms with Gasteiger partial charge in [-0.1, -0.05) is 37.6 Å². The second kappa shape index (κ2) is 11.4. The minimum atomic E-state index is -0.165. The van der Waals surface area contributed by atoms with Gasteiger partial charge in [0.1, 0.15) is 5.75 Å². The van der Waals surface area contributed by atoms with Gasteiger partial charge >= 0.3 is 0 Å². The van der Waals surface area contributed by atoms with Crippen molar-refractivity contribution in [2.75, 3.05) is 43.0 Å². The van der Waals surface area contributed by atoms with Crippen LogP contribution in [0.15, 0.2) is 78.9 Å². The lowest BCUT2D eigenvalue weighted by Gasteiger charge is -2.36. The molecule has 0 atom stereocenters. The maximum atomic E-state index is 12.7. The standard InChI is InChI=1S/C28H31N3O3/c1-2-3-20-34-26-11-7-10-23(21-26)27(32)29-24-12-14-25(15-13-24)30-16-18-31(19-17-30)28(33)22-8-5-4-6-9-22/h4-15,21H,2-3,16-20H2,1H3,(H,29,32). The number of nitrogens with zero attached hydrogens (tertiary/aromatic N) is 2. The van der Waals surface area contributed by atoms with Gasteiger partial charge in [0.25, 0.3) is 11.8 Å². The molecule has 0 bridgehead atoms. The number of rotatable bonds is 8. The Hall–Kier alpha value is -3.80. The van der Waals surface area contributed by atoms with Crippen LogP contribution in [0.1, 0.15) is 40.5 Å². The highest BCUT2D eigenvalue weighted by Crippen LogP contribution is 2.21. The van der Waals surface area contributed by atoms with Gasteiger partial charge in [-0.2, -0.15) is 0 Å². The second-order valence-electron chi connectivity index (χ2n) is 8.38. The van der Waals surface area contributed by atoms with E-state index >= 15 is 0 Å². The lowest BCUT2D eigenvalue weighted by atomic mass is 10.1. The van der Waals surface area contributed by atoms with Gasteiger partial charge < -0.3 is 19.9 Å². The first-order valence-electron chi connectivity index (χ1n) is 11.9. The number of hydrogen-bond acceptors (Lipinski definition) is 4. The first kappa shape index (κ1) is 23.4. The summed E-state index contributed by atoms with van der Waals surface area (Å²) in [5.74, 6) is 0.626. The van der Waals surface area contributed by atoms with Crippen molar-refractivity contribution in [3.8, 4) is 5.75 Å². The van der Waals surface area contributed by atoms with Gasteiger partial charge in [-0.25, -0.2) is 0 Å². The SMILES string of the molecule is CCCCOc1cccc(C(=O)Nc2ccc(N3CCN(C(=O)c4ccccc4)CC3)cc2)c1. The molecule has 0 radical (unpaired) electrons. The first-order valence-corrected chi connectivity index (χ1v) is 11.9. The Bertz CT molecular complexity index is 1090. The molecule has 0 spiro atoms. The van der Waals surface area contributed by atoms with Crippen molar-refractivity contribution in [2.45, 2.75) is 19.8 Å².